The SMILES string of the molecule is Cn1c(SCC(=O)O)nnc1-c1ccc(Br)cc1. The summed E-state index contributed by atoms with van der Waals surface area (Å²) in [5, 5.41) is 17.3. The number of thioether (sulfide) groups is 1. The number of carboxylic acids is 1. The summed E-state index contributed by atoms with van der Waals surface area (Å²) in [7, 11) is 1.82. The van der Waals surface area contributed by atoms with Crippen LogP contribution in [0.1, 0.15) is 0 Å². The molecule has 94 valence electrons. The molecule has 0 aliphatic heterocycles. The van der Waals surface area contributed by atoms with Crippen LogP contribution in [0.3, 0.4) is 0 Å². The first-order valence-corrected chi connectivity index (χ1v) is 6.85. The lowest BCUT2D eigenvalue weighted by atomic mass is 10.2. The lowest BCUT2D eigenvalue weighted by molar-refractivity contribution is -0.133. The Balaban J connectivity index is 2.25. The summed E-state index contributed by atoms with van der Waals surface area (Å²) in [6, 6.07) is 7.71. The highest BCUT2D eigenvalue weighted by Gasteiger charge is 2.12. The Bertz CT molecular complexity index is 568. The number of nitrogens with zero attached hydrogens (tertiary/aromatic N) is 3. The fraction of sp³-hybridized carbons (Fsp3) is 0.182. The summed E-state index contributed by atoms with van der Waals surface area (Å²) >= 11 is 4.52. The van der Waals surface area contributed by atoms with Crippen molar-refractivity contribution in [1.82, 2.24) is 14.8 Å². The minimum atomic E-state index is -0.867. The zero-order valence-electron chi connectivity index (χ0n) is 9.50. The van der Waals surface area contributed by atoms with Crippen LogP contribution >= 0.6 is 27.7 Å². The molecule has 18 heavy (non-hydrogen) atoms. The van der Waals surface area contributed by atoms with E-state index < -0.39 is 5.97 Å². The number of carboxylic acid groups (broad SMARTS) is 1. The summed E-state index contributed by atoms with van der Waals surface area (Å²) < 4.78 is 2.78. The highest BCUT2D eigenvalue weighted by molar-refractivity contribution is 9.10. The van der Waals surface area contributed by atoms with E-state index in [1.807, 2.05) is 31.3 Å². The van der Waals surface area contributed by atoms with E-state index in [2.05, 4.69) is 26.1 Å². The Labute approximate surface area is 116 Å². The maximum atomic E-state index is 10.5. The molecule has 0 radical (unpaired) electrons. The number of aliphatic carboxylic acids is 1. The number of benzene rings is 1. The Morgan fingerprint density at radius 1 is 1.39 bits per heavy atom. The lowest BCUT2D eigenvalue weighted by Gasteiger charge is -2.02. The van der Waals surface area contributed by atoms with Crippen LogP contribution in [0.4, 0.5) is 0 Å². The predicted molar refractivity (Wildman–Crippen MR) is 72.5 cm³/mol. The molecule has 1 aromatic heterocycles. The van der Waals surface area contributed by atoms with Crippen LogP contribution in [-0.4, -0.2) is 31.6 Å². The second-order valence-electron chi connectivity index (χ2n) is 3.55. The van der Waals surface area contributed by atoms with Gasteiger partial charge in [0.05, 0.1) is 5.75 Å². The molecule has 0 aliphatic carbocycles. The lowest BCUT2D eigenvalue weighted by Crippen LogP contribution is -2.00. The maximum absolute atomic E-state index is 10.5. The molecule has 0 aliphatic rings. The number of hydrogen-bond acceptors (Lipinski definition) is 4. The van der Waals surface area contributed by atoms with Gasteiger partial charge in [0.1, 0.15) is 0 Å². The Kier molecular flexibility index (Phi) is 4.03. The average Bonchev–Trinajstić information content (AvgIpc) is 2.69. The van der Waals surface area contributed by atoms with Gasteiger partial charge in [0.15, 0.2) is 11.0 Å². The fourth-order valence-electron chi connectivity index (χ4n) is 1.42. The van der Waals surface area contributed by atoms with Crippen LogP contribution < -0.4 is 0 Å². The minimum Gasteiger partial charge on any atom is -0.481 e. The molecule has 1 aromatic carbocycles. The van der Waals surface area contributed by atoms with Gasteiger partial charge < -0.3 is 9.67 Å². The van der Waals surface area contributed by atoms with Crippen molar-refractivity contribution in [3.8, 4) is 11.4 Å². The van der Waals surface area contributed by atoms with Gasteiger partial charge in [0.25, 0.3) is 0 Å². The van der Waals surface area contributed by atoms with Gasteiger partial charge in [-0.2, -0.15) is 0 Å². The van der Waals surface area contributed by atoms with Crippen molar-refractivity contribution in [3.05, 3.63) is 28.7 Å². The molecule has 0 unspecified atom stereocenters. The molecule has 0 saturated carbocycles. The summed E-state index contributed by atoms with van der Waals surface area (Å²) in [6.07, 6.45) is 0. The summed E-state index contributed by atoms with van der Waals surface area (Å²) in [4.78, 5) is 10.5. The third-order valence-corrected chi connectivity index (χ3v) is 3.80. The normalized spacial score (nSPS) is 10.6. The summed E-state index contributed by atoms with van der Waals surface area (Å²) in [5.41, 5.74) is 0.940. The van der Waals surface area contributed by atoms with Gasteiger partial charge in [0.2, 0.25) is 0 Å². The van der Waals surface area contributed by atoms with Crippen molar-refractivity contribution in [2.45, 2.75) is 5.16 Å². The van der Waals surface area contributed by atoms with Crippen LogP contribution in [0, 0.1) is 0 Å². The van der Waals surface area contributed by atoms with Crippen LogP contribution in [0.15, 0.2) is 33.9 Å². The molecule has 0 saturated heterocycles. The quantitative estimate of drug-likeness (QED) is 0.873. The van der Waals surface area contributed by atoms with E-state index in [1.54, 1.807) is 4.57 Å². The Morgan fingerprint density at radius 3 is 2.67 bits per heavy atom. The number of carbonyl (C=O) groups is 1. The van der Waals surface area contributed by atoms with Crippen LogP contribution in [0.2, 0.25) is 0 Å². The van der Waals surface area contributed by atoms with E-state index in [4.69, 9.17) is 5.11 Å². The Morgan fingerprint density at radius 2 is 2.06 bits per heavy atom. The predicted octanol–water partition coefficient (Wildman–Crippen LogP) is 2.42. The molecule has 1 heterocycles. The van der Waals surface area contributed by atoms with E-state index >= 15 is 0 Å². The van der Waals surface area contributed by atoms with E-state index in [0.717, 1.165) is 27.6 Å². The smallest absolute Gasteiger partial charge is 0.313 e. The highest BCUT2D eigenvalue weighted by atomic mass is 79.9. The van der Waals surface area contributed by atoms with Crippen molar-refractivity contribution in [3.63, 3.8) is 0 Å². The van der Waals surface area contributed by atoms with Crippen LogP contribution in [0.5, 0.6) is 0 Å². The zero-order valence-corrected chi connectivity index (χ0v) is 11.9. The third kappa shape index (κ3) is 2.91. The molecular weight excluding hydrogens is 318 g/mol. The molecule has 0 spiro atoms. The largest absolute Gasteiger partial charge is 0.481 e. The van der Waals surface area contributed by atoms with Gasteiger partial charge in [-0.15, -0.1) is 10.2 Å². The number of hydrogen-bond donors (Lipinski definition) is 1. The second-order valence-corrected chi connectivity index (χ2v) is 5.41. The van der Waals surface area contributed by atoms with Gasteiger partial charge in [-0.1, -0.05) is 39.8 Å². The molecule has 5 nitrogen and oxygen atoms in total. The first kappa shape index (κ1) is 13.1. The molecule has 7 heteroatoms. The van der Waals surface area contributed by atoms with Crippen molar-refractivity contribution in [2.24, 2.45) is 7.05 Å². The standard InChI is InChI=1S/C11H10BrN3O2S/c1-15-10(7-2-4-8(12)5-3-7)13-14-11(15)18-6-9(16)17/h2-5H,6H2,1H3,(H,16,17). The second kappa shape index (κ2) is 5.53. The molecular formula is C11H10BrN3O2S. The van der Waals surface area contributed by atoms with Crippen LogP contribution in [-0.2, 0) is 11.8 Å². The average molecular weight is 328 g/mol. The number of rotatable bonds is 4. The van der Waals surface area contributed by atoms with Gasteiger partial charge in [-0.05, 0) is 12.1 Å². The third-order valence-electron chi connectivity index (χ3n) is 2.26. The molecule has 2 rings (SSSR count). The minimum absolute atomic E-state index is 0.0215. The van der Waals surface area contributed by atoms with E-state index in [-0.39, 0.29) is 5.75 Å². The van der Waals surface area contributed by atoms with Crippen molar-refractivity contribution in [2.75, 3.05) is 5.75 Å². The molecule has 1 N–H and O–H groups in total. The van der Waals surface area contributed by atoms with Crippen LogP contribution in [0.25, 0.3) is 11.4 Å². The van der Waals surface area contributed by atoms with Gasteiger partial charge >= 0.3 is 5.97 Å². The molecule has 2 aromatic rings. The van der Waals surface area contributed by atoms with Gasteiger partial charge in [-0.25, -0.2) is 0 Å². The molecule has 0 bridgehead atoms. The van der Waals surface area contributed by atoms with E-state index in [1.165, 1.54) is 0 Å². The van der Waals surface area contributed by atoms with E-state index in [9.17, 15) is 4.79 Å². The number of halogens is 1. The topological polar surface area (TPSA) is 68.0 Å². The first-order valence-electron chi connectivity index (χ1n) is 5.08. The Hall–Kier alpha value is -1.34. The van der Waals surface area contributed by atoms with E-state index in [0.29, 0.717) is 5.16 Å². The zero-order chi connectivity index (χ0) is 13.1. The summed E-state index contributed by atoms with van der Waals surface area (Å²) in [6.45, 7) is 0. The maximum Gasteiger partial charge on any atom is 0.313 e. The molecule has 0 fully saturated rings. The number of aromatic nitrogens is 3. The van der Waals surface area contributed by atoms with Gasteiger partial charge in [0, 0.05) is 17.1 Å². The van der Waals surface area contributed by atoms with Crippen molar-refractivity contribution in [1.29, 1.82) is 0 Å². The van der Waals surface area contributed by atoms with Crippen molar-refractivity contribution >= 4 is 33.7 Å². The van der Waals surface area contributed by atoms with Gasteiger partial charge in [-0.3, -0.25) is 4.79 Å². The highest BCUT2D eigenvalue weighted by Crippen LogP contribution is 2.23. The summed E-state index contributed by atoms with van der Waals surface area (Å²) in [5.74, 6) is -0.171. The first-order chi connectivity index (χ1) is 8.58. The molecule has 0 amide bonds. The monoisotopic (exact) mass is 327 g/mol. The fourth-order valence-corrected chi connectivity index (χ4v) is 2.31. The molecule has 0 atom stereocenters. The van der Waals surface area contributed by atoms with Crippen molar-refractivity contribution < 1.29 is 9.90 Å².